The van der Waals surface area contributed by atoms with Gasteiger partial charge >= 0.3 is 12.0 Å². The smallest absolute Gasteiger partial charge is 0.326 e. The summed E-state index contributed by atoms with van der Waals surface area (Å²) in [5, 5.41) is 16.9. The highest BCUT2D eigenvalue weighted by Gasteiger charge is 2.40. The molecule has 4 rings (SSSR count). The van der Waals surface area contributed by atoms with Gasteiger partial charge in [0, 0.05) is 18.6 Å². The molecule has 0 spiro atoms. The van der Waals surface area contributed by atoms with Crippen molar-refractivity contribution in [1.82, 2.24) is 25.8 Å². The van der Waals surface area contributed by atoms with Crippen molar-refractivity contribution in [3.05, 3.63) is 0 Å². The first-order valence-corrected chi connectivity index (χ1v) is 17.7. The third-order valence-corrected chi connectivity index (χ3v) is 9.18. The van der Waals surface area contributed by atoms with Crippen LogP contribution in [-0.2, 0) is 24.0 Å². The van der Waals surface area contributed by atoms with Crippen LogP contribution in [0.1, 0.15) is 119 Å². The van der Waals surface area contributed by atoms with Gasteiger partial charge in [-0.15, -0.1) is 0 Å². The Bertz CT molecular complexity index is 1020. The van der Waals surface area contributed by atoms with Gasteiger partial charge in [0.05, 0.1) is 18.6 Å². The summed E-state index contributed by atoms with van der Waals surface area (Å²) in [5.41, 5.74) is -0.274. The Hall–Kier alpha value is -3.02. The van der Waals surface area contributed by atoms with E-state index in [4.69, 9.17) is 5.11 Å². The first-order chi connectivity index (χ1) is 22.2. The number of carbonyl (C=O) groups excluding carboxylic acids is 5. The molecule has 0 aromatic rings. The zero-order valence-electron chi connectivity index (χ0n) is 30.2. The second-order valence-corrected chi connectivity index (χ2v) is 14.2. The van der Waals surface area contributed by atoms with E-state index < -0.39 is 23.7 Å². The molecule has 0 aromatic carbocycles. The summed E-state index contributed by atoms with van der Waals surface area (Å²) < 4.78 is 0. The molecule has 0 aromatic heterocycles. The zero-order valence-corrected chi connectivity index (χ0v) is 30.2. The third-order valence-electron chi connectivity index (χ3n) is 9.18. The number of carboxylic acids is 1. The molecule has 12 nitrogen and oxygen atoms in total. The van der Waals surface area contributed by atoms with Crippen molar-refractivity contribution in [2.45, 2.75) is 143 Å². The average molecular weight is 666 g/mol. The van der Waals surface area contributed by atoms with Gasteiger partial charge in [-0.3, -0.25) is 19.3 Å². The van der Waals surface area contributed by atoms with E-state index in [-0.39, 0.29) is 42.7 Å². The lowest BCUT2D eigenvalue weighted by atomic mass is 9.84. The summed E-state index contributed by atoms with van der Waals surface area (Å²) in [5.74, 6) is -1.17. The standard InChI is InChI=1S/C14H21N3O5.C13H24N2O2.C6H12.C2H6/c1-8-5-10(16(2)7-8)12(19)15-6-11(18)13(20)17-4-3-9(17)14(21)22;1-13(2,3)15-12(17)14-11(9-16)10-7-5-4-6-8-10;1-2-6-4-3-5-6;1-2/h8-10H,3-7H2,1-2H3,(H,15,19)(H,21,22);9-11H,4-8H2,1-3H3,(H2,14,15,17);6H,2-5H2,1H3;1-2H3/t8-,9?,10?;11-;;/m11../s1. The number of likely N-dealkylation sites (tertiary alicyclic amines) is 2. The highest BCUT2D eigenvalue weighted by Crippen LogP contribution is 2.28. The van der Waals surface area contributed by atoms with Crippen molar-refractivity contribution in [2.75, 3.05) is 26.7 Å². The Morgan fingerprint density at radius 2 is 1.55 bits per heavy atom. The monoisotopic (exact) mass is 665 g/mol. The molecule has 12 heteroatoms. The summed E-state index contributed by atoms with van der Waals surface area (Å²) in [4.78, 5) is 72.2. The van der Waals surface area contributed by atoms with Crippen LogP contribution in [0.15, 0.2) is 0 Å². The lowest BCUT2D eigenvalue weighted by molar-refractivity contribution is -0.160. The lowest BCUT2D eigenvalue weighted by Crippen LogP contribution is -2.58. The number of aldehydes is 1. The maximum atomic E-state index is 12.0. The van der Waals surface area contributed by atoms with Crippen molar-refractivity contribution in [3.63, 3.8) is 0 Å². The number of ketones is 1. The van der Waals surface area contributed by atoms with Crippen molar-refractivity contribution < 1.29 is 33.9 Å². The van der Waals surface area contributed by atoms with Gasteiger partial charge in [-0.2, -0.15) is 0 Å². The van der Waals surface area contributed by atoms with Gasteiger partial charge in [-0.05, 0) is 71.3 Å². The Balaban J connectivity index is 0.000000389. The SMILES string of the molecule is CC.CC(C)(C)NC(=O)N[C@H](C=O)C1CCCCC1.CCC1CCC1.C[C@@H]1CC(C(=O)NCC(=O)C(=O)N2CCC2C(=O)O)N(C)C1. The average Bonchev–Trinajstić information content (AvgIpc) is 3.31. The topological polar surface area (TPSA) is 165 Å². The highest BCUT2D eigenvalue weighted by atomic mass is 16.4. The molecule has 270 valence electrons. The van der Waals surface area contributed by atoms with Crippen LogP contribution in [-0.4, -0.2) is 101 Å². The van der Waals surface area contributed by atoms with Gasteiger partial charge in [-0.1, -0.05) is 72.6 Å². The van der Waals surface area contributed by atoms with Crippen molar-refractivity contribution >= 4 is 35.9 Å². The van der Waals surface area contributed by atoms with E-state index in [1.54, 1.807) is 0 Å². The van der Waals surface area contributed by atoms with Crippen molar-refractivity contribution in [1.29, 1.82) is 0 Å². The summed E-state index contributed by atoms with van der Waals surface area (Å²) in [6.45, 7) is 14.8. The second kappa shape index (κ2) is 21.1. The molecule has 4 aliphatic rings. The van der Waals surface area contributed by atoms with Gasteiger partial charge in [0.2, 0.25) is 11.7 Å². The van der Waals surface area contributed by atoms with E-state index in [2.05, 4.69) is 22.9 Å². The normalized spacial score (nSPS) is 23.3. The zero-order chi connectivity index (χ0) is 35.7. The maximum Gasteiger partial charge on any atom is 0.326 e. The van der Waals surface area contributed by atoms with Crippen LogP contribution in [0.5, 0.6) is 0 Å². The summed E-state index contributed by atoms with van der Waals surface area (Å²) in [7, 11) is 1.85. The first-order valence-electron chi connectivity index (χ1n) is 17.7. The summed E-state index contributed by atoms with van der Waals surface area (Å²) in [6, 6.07) is -1.79. The molecule has 4 atom stereocenters. The number of hydrogen-bond donors (Lipinski definition) is 4. The molecule has 4 amide bonds. The maximum absolute atomic E-state index is 12.0. The fraction of sp³-hybridized carbons (Fsp3) is 0.829. The van der Waals surface area contributed by atoms with Crippen LogP contribution >= 0.6 is 0 Å². The summed E-state index contributed by atoms with van der Waals surface area (Å²) >= 11 is 0. The van der Waals surface area contributed by atoms with Crippen LogP contribution < -0.4 is 16.0 Å². The quantitative estimate of drug-likeness (QED) is 0.211. The molecule has 0 radical (unpaired) electrons. The number of amides is 4. The van der Waals surface area contributed by atoms with Gasteiger partial charge in [0.1, 0.15) is 12.3 Å². The number of nitrogens with zero attached hydrogens (tertiary/aromatic N) is 2. The predicted octanol–water partition coefficient (Wildman–Crippen LogP) is 4.15. The second-order valence-electron chi connectivity index (χ2n) is 14.2. The minimum atomic E-state index is -1.11. The van der Waals surface area contributed by atoms with E-state index in [1.165, 1.54) is 32.1 Å². The number of aliphatic carboxylic acids is 1. The first kappa shape index (κ1) is 42.0. The molecule has 2 saturated carbocycles. The molecule has 2 heterocycles. The number of urea groups is 1. The molecule has 4 fully saturated rings. The molecule has 2 saturated heterocycles. The Morgan fingerprint density at radius 1 is 0.936 bits per heavy atom. The van der Waals surface area contributed by atoms with Crippen LogP contribution in [0.3, 0.4) is 0 Å². The highest BCUT2D eigenvalue weighted by molar-refractivity contribution is 6.37. The molecule has 2 aliphatic heterocycles. The number of carboxylic acid groups (broad SMARTS) is 1. The number of rotatable bonds is 9. The fourth-order valence-electron chi connectivity index (χ4n) is 6.16. The number of Topliss-reactive ketones (excluding diaryl/α,β-unsaturated/α-hetero) is 1. The van der Waals surface area contributed by atoms with Gasteiger partial charge < -0.3 is 30.8 Å². The predicted molar refractivity (Wildman–Crippen MR) is 183 cm³/mol. The lowest BCUT2D eigenvalue weighted by Gasteiger charge is -2.37. The van der Waals surface area contributed by atoms with E-state index in [0.29, 0.717) is 18.3 Å². The molecule has 47 heavy (non-hydrogen) atoms. The van der Waals surface area contributed by atoms with Crippen LogP contribution in [0.4, 0.5) is 4.79 Å². The van der Waals surface area contributed by atoms with Crippen LogP contribution in [0.2, 0.25) is 0 Å². The Kier molecular flexibility index (Phi) is 18.8. The molecule has 4 N–H and O–H groups in total. The number of nitrogens with one attached hydrogen (secondary N) is 3. The number of hydrogen-bond acceptors (Lipinski definition) is 7. The van der Waals surface area contributed by atoms with E-state index in [0.717, 1.165) is 55.8 Å². The van der Waals surface area contributed by atoms with Gasteiger partial charge in [0.25, 0.3) is 5.91 Å². The third kappa shape index (κ3) is 14.7. The molecular formula is C35H63N5O7. The van der Waals surface area contributed by atoms with E-state index >= 15 is 0 Å². The minimum Gasteiger partial charge on any atom is -0.480 e. The van der Waals surface area contributed by atoms with E-state index in [1.807, 2.05) is 53.5 Å². The van der Waals surface area contributed by atoms with Crippen LogP contribution in [0, 0.1) is 17.8 Å². The molecular weight excluding hydrogens is 602 g/mol. The molecule has 2 aliphatic carbocycles. The van der Waals surface area contributed by atoms with Crippen molar-refractivity contribution in [2.24, 2.45) is 17.8 Å². The summed E-state index contributed by atoms with van der Waals surface area (Å²) in [6.07, 6.45) is 13.5. The minimum absolute atomic E-state index is 0.250. The molecule has 0 bridgehead atoms. The number of likely N-dealkylation sites (N-methyl/N-ethyl adjacent to an activating group) is 1. The largest absolute Gasteiger partial charge is 0.480 e. The fourth-order valence-corrected chi connectivity index (χ4v) is 6.16. The molecule has 2 unspecified atom stereocenters. The number of carbonyl (C=O) groups is 6. The van der Waals surface area contributed by atoms with E-state index in [9.17, 15) is 28.8 Å². The Morgan fingerprint density at radius 3 is 1.94 bits per heavy atom. The Labute approximate surface area is 282 Å². The van der Waals surface area contributed by atoms with Crippen molar-refractivity contribution in [3.8, 4) is 0 Å². The van der Waals surface area contributed by atoms with Gasteiger partial charge in [-0.25, -0.2) is 9.59 Å². The van der Waals surface area contributed by atoms with Crippen LogP contribution in [0.25, 0.3) is 0 Å². The van der Waals surface area contributed by atoms with Gasteiger partial charge in [0.15, 0.2) is 0 Å².